The lowest BCUT2D eigenvalue weighted by Gasteiger charge is -2.35. The molecule has 2 aliphatic heterocycles. The van der Waals surface area contributed by atoms with Gasteiger partial charge in [-0.05, 0) is 45.2 Å². The summed E-state index contributed by atoms with van der Waals surface area (Å²) in [5.41, 5.74) is 1.77. The molecule has 0 bridgehead atoms. The minimum atomic E-state index is -0.534. The molecule has 7 nitrogen and oxygen atoms in total. The predicted octanol–water partition coefficient (Wildman–Crippen LogP) is 3.13. The molecular formula is C23H35N3O4. The van der Waals surface area contributed by atoms with Crippen LogP contribution in [0.25, 0.3) is 0 Å². The molecule has 2 fully saturated rings. The van der Waals surface area contributed by atoms with Gasteiger partial charge in [0.25, 0.3) is 0 Å². The number of amides is 2. The number of rotatable bonds is 4. The van der Waals surface area contributed by atoms with Crippen LogP contribution in [0.3, 0.4) is 0 Å². The van der Waals surface area contributed by atoms with Crippen LogP contribution < -0.4 is 4.90 Å². The summed E-state index contributed by atoms with van der Waals surface area (Å²) < 4.78 is 11.0. The third-order valence-electron chi connectivity index (χ3n) is 5.55. The number of benzene rings is 1. The zero-order chi connectivity index (χ0) is 21.7. The van der Waals surface area contributed by atoms with Crippen molar-refractivity contribution in [3.05, 3.63) is 29.8 Å². The molecule has 2 heterocycles. The number of anilines is 1. The molecule has 2 amide bonds. The van der Waals surface area contributed by atoms with E-state index in [1.54, 1.807) is 9.80 Å². The van der Waals surface area contributed by atoms with Crippen LogP contribution in [0.1, 0.15) is 39.2 Å². The van der Waals surface area contributed by atoms with Crippen molar-refractivity contribution in [1.29, 1.82) is 0 Å². The van der Waals surface area contributed by atoms with Crippen LogP contribution in [-0.4, -0.2) is 73.8 Å². The van der Waals surface area contributed by atoms with Gasteiger partial charge in [0.15, 0.2) is 0 Å². The van der Waals surface area contributed by atoms with Crippen LogP contribution in [0.5, 0.6) is 0 Å². The van der Waals surface area contributed by atoms with Crippen LogP contribution in [-0.2, 0) is 20.8 Å². The van der Waals surface area contributed by atoms with E-state index in [1.807, 2.05) is 40.0 Å². The van der Waals surface area contributed by atoms with Gasteiger partial charge in [-0.1, -0.05) is 18.2 Å². The Morgan fingerprint density at radius 2 is 1.87 bits per heavy atom. The molecule has 1 aromatic rings. The predicted molar refractivity (Wildman–Crippen MR) is 116 cm³/mol. The summed E-state index contributed by atoms with van der Waals surface area (Å²) in [6.07, 6.45) is 1.28. The molecule has 0 aromatic heterocycles. The number of nitrogens with zero attached hydrogens (tertiary/aromatic N) is 3. The maximum Gasteiger partial charge on any atom is 0.410 e. The van der Waals surface area contributed by atoms with Gasteiger partial charge in [-0.25, -0.2) is 4.79 Å². The van der Waals surface area contributed by atoms with E-state index in [4.69, 9.17) is 9.47 Å². The molecule has 2 aliphatic rings. The molecule has 0 aliphatic carbocycles. The molecule has 166 valence electrons. The number of para-hydroxylation sites is 1. The molecule has 2 saturated heterocycles. The van der Waals surface area contributed by atoms with Gasteiger partial charge in [0.05, 0.1) is 19.1 Å². The summed E-state index contributed by atoms with van der Waals surface area (Å²) in [5.74, 6) is -0.105. The van der Waals surface area contributed by atoms with Crippen molar-refractivity contribution in [1.82, 2.24) is 9.80 Å². The number of hydrogen-bond donors (Lipinski definition) is 0. The fourth-order valence-electron chi connectivity index (χ4n) is 4.07. The quantitative estimate of drug-likeness (QED) is 0.753. The highest BCUT2D eigenvalue weighted by atomic mass is 16.6. The topological polar surface area (TPSA) is 62.3 Å². The molecule has 0 N–H and O–H groups in total. The van der Waals surface area contributed by atoms with Crippen molar-refractivity contribution in [2.45, 2.75) is 45.8 Å². The first-order chi connectivity index (χ1) is 14.2. The highest BCUT2D eigenvalue weighted by Gasteiger charge is 2.32. The second kappa shape index (κ2) is 9.69. The Morgan fingerprint density at radius 1 is 1.17 bits per heavy atom. The first kappa shape index (κ1) is 22.4. The van der Waals surface area contributed by atoms with E-state index in [1.165, 1.54) is 5.69 Å². The van der Waals surface area contributed by atoms with E-state index in [0.29, 0.717) is 19.6 Å². The lowest BCUT2D eigenvalue weighted by atomic mass is 9.96. The third kappa shape index (κ3) is 5.88. The van der Waals surface area contributed by atoms with E-state index in [0.717, 1.165) is 44.7 Å². The van der Waals surface area contributed by atoms with Gasteiger partial charge in [0.1, 0.15) is 5.60 Å². The maximum absolute atomic E-state index is 13.2. The second-order valence-electron chi connectivity index (χ2n) is 9.19. The van der Waals surface area contributed by atoms with Crippen molar-refractivity contribution in [3.8, 4) is 0 Å². The van der Waals surface area contributed by atoms with Crippen molar-refractivity contribution in [3.63, 3.8) is 0 Å². The monoisotopic (exact) mass is 417 g/mol. The Kier molecular flexibility index (Phi) is 7.23. The molecule has 0 radical (unpaired) electrons. The molecule has 3 rings (SSSR count). The molecule has 30 heavy (non-hydrogen) atoms. The van der Waals surface area contributed by atoms with Crippen LogP contribution in [0, 0.1) is 5.92 Å². The second-order valence-corrected chi connectivity index (χ2v) is 9.19. The first-order valence-corrected chi connectivity index (χ1v) is 10.9. The van der Waals surface area contributed by atoms with Crippen LogP contribution >= 0.6 is 0 Å². The summed E-state index contributed by atoms with van der Waals surface area (Å²) in [6, 6.07) is 8.25. The van der Waals surface area contributed by atoms with Crippen LogP contribution in [0.15, 0.2) is 24.3 Å². The van der Waals surface area contributed by atoms with Crippen LogP contribution in [0.2, 0.25) is 0 Å². The number of piperidine rings is 1. The van der Waals surface area contributed by atoms with E-state index in [-0.39, 0.29) is 17.9 Å². The highest BCUT2D eigenvalue weighted by molar-refractivity contribution is 5.80. The molecular weight excluding hydrogens is 382 g/mol. The van der Waals surface area contributed by atoms with Crippen molar-refractivity contribution < 1.29 is 19.1 Å². The molecule has 0 unspecified atom stereocenters. The molecule has 0 spiro atoms. The molecule has 1 aromatic carbocycles. The minimum absolute atomic E-state index is 0.0834. The first-order valence-electron chi connectivity index (χ1n) is 10.9. The Hall–Kier alpha value is -2.28. The van der Waals surface area contributed by atoms with E-state index >= 15 is 0 Å². The Bertz CT molecular complexity index is 740. The zero-order valence-electron chi connectivity index (χ0n) is 18.7. The van der Waals surface area contributed by atoms with Gasteiger partial charge < -0.3 is 24.2 Å². The Morgan fingerprint density at radius 3 is 2.57 bits per heavy atom. The summed E-state index contributed by atoms with van der Waals surface area (Å²) >= 11 is 0. The lowest BCUT2D eigenvalue weighted by Crippen LogP contribution is -2.47. The normalized spacial score (nSPS) is 20.1. The smallest absolute Gasteiger partial charge is 0.410 e. The Labute approximate surface area is 179 Å². The van der Waals surface area contributed by atoms with Gasteiger partial charge in [0.2, 0.25) is 5.91 Å². The van der Waals surface area contributed by atoms with E-state index < -0.39 is 5.60 Å². The molecule has 0 saturated carbocycles. The summed E-state index contributed by atoms with van der Waals surface area (Å²) in [5, 5.41) is 0. The number of likely N-dealkylation sites (tertiary alicyclic amines) is 1. The maximum atomic E-state index is 13.2. The SMILES string of the molecule is CN(Cc1ccccc1N1CCOCC1)C(=O)[C@@H]1CCCN(C(=O)OC(C)(C)C)C1. The Balaban J connectivity index is 1.63. The molecule has 7 heteroatoms. The average Bonchev–Trinajstić information content (AvgIpc) is 2.73. The summed E-state index contributed by atoms with van der Waals surface area (Å²) in [7, 11) is 1.85. The third-order valence-corrected chi connectivity index (χ3v) is 5.55. The van der Waals surface area contributed by atoms with Gasteiger partial charge in [-0.2, -0.15) is 0 Å². The van der Waals surface area contributed by atoms with Gasteiger partial charge in [0, 0.05) is 45.5 Å². The molecule has 1 atom stereocenters. The highest BCUT2D eigenvalue weighted by Crippen LogP contribution is 2.25. The van der Waals surface area contributed by atoms with Crippen molar-refractivity contribution in [2.24, 2.45) is 5.92 Å². The number of carbonyl (C=O) groups is 2. The van der Waals surface area contributed by atoms with E-state index in [9.17, 15) is 9.59 Å². The standard InChI is InChI=1S/C23H35N3O4/c1-23(2,3)30-22(28)26-11-7-9-19(17-26)21(27)24(4)16-18-8-5-6-10-20(18)25-12-14-29-15-13-25/h5-6,8,10,19H,7,9,11-17H2,1-4H3/t19-/m1/s1. The number of ether oxygens (including phenoxy) is 2. The largest absolute Gasteiger partial charge is 0.444 e. The fourth-order valence-corrected chi connectivity index (χ4v) is 4.07. The zero-order valence-corrected chi connectivity index (χ0v) is 18.7. The minimum Gasteiger partial charge on any atom is -0.444 e. The van der Waals surface area contributed by atoms with Crippen LogP contribution in [0.4, 0.5) is 10.5 Å². The average molecular weight is 418 g/mol. The fraction of sp³-hybridized carbons (Fsp3) is 0.652. The summed E-state index contributed by atoms with van der Waals surface area (Å²) in [6.45, 7) is 10.4. The van der Waals surface area contributed by atoms with Crippen molar-refractivity contribution in [2.75, 3.05) is 51.3 Å². The number of morpholine rings is 1. The van der Waals surface area contributed by atoms with Gasteiger partial charge in [-0.3, -0.25) is 4.79 Å². The van der Waals surface area contributed by atoms with Gasteiger partial charge >= 0.3 is 6.09 Å². The number of hydrogen-bond acceptors (Lipinski definition) is 5. The van der Waals surface area contributed by atoms with Gasteiger partial charge in [-0.15, -0.1) is 0 Å². The lowest BCUT2D eigenvalue weighted by molar-refractivity contribution is -0.136. The summed E-state index contributed by atoms with van der Waals surface area (Å²) in [4.78, 5) is 31.4. The van der Waals surface area contributed by atoms with E-state index in [2.05, 4.69) is 17.0 Å². The van der Waals surface area contributed by atoms with Crippen molar-refractivity contribution >= 4 is 17.7 Å². The number of carbonyl (C=O) groups excluding carboxylic acids is 2.